The van der Waals surface area contributed by atoms with Crippen molar-refractivity contribution in [1.29, 1.82) is 0 Å². The Morgan fingerprint density at radius 1 is 1.19 bits per heavy atom. The van der Waals surface area contributed by atoms with Gasteiger partial charge in [0.25, 0.3) is 0 Å². The average molecular weight is 294 g/mol. The van der Waals surface area contributed by atoms with Gasteiger partial charge >= 0.3 is 0 Å². The molecule has 6 nitrogen and oxygen atoms in total. The zero-order valence-electron chi connectivity index (χ0n) is 13.5. The molecule has 6 heteroatoms. The molecule has 0 radical (unpaired) electrons. The van der Waals surface area contributed by atoms with E-state index < -0.39 is 0 Å². The molecule has 0 atom stereocenters. The summed E-state index contributed by atoms with van der Waals surface area (Å²) in [5.41, 5.74) is 0. The molecule has 0 N–H and O–H groups in total. The first-order valence-electron chi connectivity index (χ1n) is 7.81. The minimum Gasteiger partial charge on any atom is -0.340 e. The number of rotatable bonds is 5. The molecule has 1 aliphatic rings. The second-order valence-corrected chi connectivity index (χ2v) is 6.21. The minimum atomic E-state index is 0.183. The Hall–Kier alpha value is -1.43. The van der Waals surface area contributed by atoms with Crippen molar-refractivity contribution in [2.45, 2.75) is 52.5 Å². The van der Waals surface area contributed by atoms with E-state index in [1.165, 1.54) is 0 Å². The van der Waals surface area contributed by atoms with Crippen LogP contribution in [0.2, 0.25) is 0 Å². The molecule has 0 saturated carbocycles. The summed E-state index contributed by atoms with van der Waals surface area (Å²) in [6, 6.07) is 0.551. The highest BCUT2D eigenvalue weighted by atomic mass is 16.5. The molecular formula is C15H26N4O2. The summed E-state index contributed by atoms with van der Waals surface area (Å²) in [5.74, 6) is 1.71. The summed E-state index contributed by atoms with van der Waals surface area (Å²) in [6.07, 6.45) is 0.977. The number of aryl methyl sites for hydroxylation is 1. The lowest BCUT2D eigenvalue weighted by molar-refractivity contribution is -0.133. The largest absolute Gasteiger partial charge is 0.340 e. The number of amides is 1. The molecule has 21 heavy (non-hydrogen) atoms. The van der Waals surface area contributed by atoms with Crippen molar-refractivity contribution in [3.8, 4) is 0 Å². The highest BCUT2D eigenvalue weighted by Gasteiger charge is 2.22. The van der Waals surface area contributed by atoms with Crippen molar-refractivity contribution in [1.82, 2.24) is 19.9 Å². The number of carbonyl (C=O) groups excluding carboxylic acids is 1. The molecule has 1 amide bonds. The summed E-state index contributed by atoms with van der Waals surface area (Å²) in [4.78, 5) is 20.9. The fourth-order valence-electron chi connectivity index (χ4n) is 2.46. The molecule has 118 valence electrons. The van der Waals surface area contributed by atoms with Gasteiger partial charge in [-0.1, -0.05) is 19.0 Å². The highest BCUT2D eigenvalue weighted by molar-refractivity contribution is 5.76. The van der Waals surface area contributed by atoms with Crippen LogP contribution >= 0.6 is 0 Å². The highest BCUT2D eigenvalue weighted by Crippen LogP contribution is 2.12. The molecule has 1 aromatic rings. The van der Waals surface area contributed by atoms with Crippen molar-refractivity contribution in [2.24, 2.45) is 0 Å². The van der Waals surface area contributed by atoms with Gasteiger partial charge in [0.2, 0.25) is 11.8 Å². The zero-order valence-corrected chi connectivity index (χ0v) is 13.5. The van der Waals surface area contributed by atoms with Crippen molar-refractivity contribution in [3.05, 3.63) is 11.7 Å². The van der Waals surface area contributed by atoms with Gasteiger partial charge in [-0.3, -0.25) is 9.69 Å². The van der Waals surface area contributed by atoms with E-state index in [0.717, 1.165) is 26.2 Å². The van der Waals surface area contributed by atoms with Gasteiger partial charge in [-0.25, -0.2) is 0 Å². The summed E-state index contributed by atoms with van der Waals surface area (Å²) in [5, 5.41) is 3.92. The van der Waals surface area contributed by atoms with Crippen molar-refractivity contribution >= 4 is 5.91 Å². The van der Waals surface area contributed by atoms with Crippen LogP contribution in [0.25, 0.3) is 0 Å². The third kappa shape index (κ3) is 4.27. The lowest BCUT2D eigenvalue weighted by atomic mass is 10.2. The van der Waals surface area contributed by atoms with E-state index in [9.17, 15) is 4.79 Å². The predicted octanol–water partition coefficient (Wildman–Crippen LogP) is 1.68. The minimum absolute atomic E-state index is 0.183. The number of aromatic nitrogens is 2. The van der Waals surface area contributed by atoms with Crippen LogP contribution in [0.4, 0.5) is 0 Å². The molecule has 0 aliphatic carbocycles. The second kappa shape index (κ2) is 7.02. The first-order chi connectivity index (χ1) is 9.97. The fourth-order valence-corrected chi connectivity index (χ4v) is 2.46. The molecule has 2 rings (SSSR count). The van der Waals surface area contributed by atoms with Crippen LogP contribution in [0.15, 0.2) is 4.52 Å². The van der Waals surface area contributed by atoms with Gasteiger partial charge in [0, 0.05) is 51.0 Å². The SMILES string of the molecule is CC(C)c1noc(CCC(=O)N2CCN(C(C)C)CC2)n1. The van der Waals surface area contributed by atoms with Gasteiger partial charge in [-0.15, -0.1) is 0 Å². The summed E-state index contributed by atoms with van der Waals surface area (Å²) in [6.45, 7) is 12.0. The molecule has 0 spiro atoms. The molecule has 0 aromatic carbocycles. The molecule has 0 unspecified atom stereocenters. The normalized spacial score (nSPS) is 17.0. The first-order valence-corrected chi connectivity index (χ1v) is 7.81. The quantitative estimate of drug-likeness (QED) is 0.827. The molecule has 1 aromatic heterocycles. The maximum Gasteiger partial charge on any atom is 0.227 e. The summed E-state index contributed by atoms with van der Waals surface area (Å²) >= 11 is 0. The van der Waals surface area contributed by atoms with Crippen LogP contribution in [-0.2, 0) is 11.2 Å². The van der Waals surface area contributed by atoms with E-state index in [1.807, 2.05) is 18.7 Å². The average Bonchev–Trinajstić information content (AvgIpc) is 2.94. The Labute approximate surface area is 126 Å². The smallest absolute Gasteiger partial charge is 0.227 e. The lowest BCUT2D eigenvalue weighted by Gasteiger charge is -2.36. The van der Waals surface area contributed by atoms with E-state index in [-0.39, 0.29) is 11.8 Å². The van der Waals surface area contributed by atoms with E-state index in [2.05, 4.69) is 28.9 Å². The van der Waals surface area contributed by atoms with Gasteiger partial charge in [-0.2, -0.15) is 4.98 Å². The standard InChI is InChI=1S/C15H26N4O2/c1-11(2)15-16-13(21-17-15)5-6-14(20)19-9-7-18(8-10-19)12(3)4/h11-12H,5-10H2,1-4H3. The molecule has 0 bridgehead atoms. The lowest BCUT2D eigenvalue weighted by Crippen LogP contribution is -2.50. The first kappa shape index (κ1) is 15.9. The van der Waals surface area contributed by atoms with E-state index >= 15 is 0 Å². The zero-order chi connectivity index (χ0) is 15.4. The van der Waals surface area contributed by atoms with Crippen LogP contribution in [0.3, 0.4) is 0 Å². The Bertz CT molecular complexity index is 462. The third-order valence-corrected chi connectivity index (χ3v) is 3.95. The number of piperazine rings is 1. The van der Waals surface area contributed by atoms with Gasteiger partial charge in [-0.05, 0) is 13.8 Å². The monoisotopic (exact) mass is 294 g/mol. The van der Waals surface area contributed by atoms with E-state index in [1.54, 1.807) is 0 Å². The number of hydrogen-bond donors (Lipinski definition) is 0. The molecule has 1 saturated heterocycles. The Balaban J connectivity index is 1.77. The Morgan fingerprint density at radius 3 is 2.38 bits per heavy atom. The maximum absolute atomic E-state index is 12.2. The van der Waals surface area contributed by atoms with Crippen molar-refractivity contribution in [3.63, 3.8) is 0 Å². The van der Waals surface area contributed by atoms with Crippen LogP contribution in [0.5, 0.6) is 0 Å². The second-order valence-electron chi connectivity index (χ2n) is 6.21. The Morgan fingerprint density at radius 2 is 1.86 bits per heavy atom. The fraction of sp³-hybridized carbons (Fsp3) is 0.800. The van der Waals surface area contributed by atoms with Gasteiger partial charge in [0.15, 0.2) is 5.82 Å². The number of hydrogen-bond acceptors (Lipinski definition) is 5. The molecular weight excluding hydrogens is 268 g/mol. The molecule has 1 fully saturated rings. The maximum atomic E-state index is 12.2. The predicted molar refractivity (Wildman–Crippen MR) is 80.0 cm³/mol. The van der Waals surface area contributed by atoms with Gasteiger partial charge in [0.05, 0.1) is 0 Å². The van der Waals surface area contributed by atoms with Crippen molar-refractivity contribution in [2.75, 3.05) is 26.2 Å². The topological polar surface area (TPSA) is 62.5 Å². The van der Waals surface area contributed by atoms with E-state index in [4.69, 9.17) is 4.52 Å². The summed E-state index contributed by atoms with van der Waals surface area (Å²) in [7, 11) is 0. The van der Waals surface area contributed by atoms with Gasteiger partial charge in [0.1, 0.15) is 0 Å². The van der Waals surface area contributed by atoms with Crippen LogP contribution in [-0.4, -0.2) is 58.1 Å². The van der Waals surface area contributed by atoms with Crippen LogP contribution in [0, 0.1) is 0 Å². The molecule has 1 aliphatic heterocycles. The van der Waals surface area contributed by atoms with Crippen LogP contribution < -0.4 is 0 Å². The van der Waals surface area contributed by atoms with Gasteiger partial charge < -0.3 is 9.42 Å². The van der Waals surface area contributed by atoms with Crippen LogP contribution in [0.1, 0.15) is 51.7 Å². The number of nitrogens with zero attached hydrogens (tertiary/aromatic N) is 4. The molecule has 2 heterocycles. The third-order valence-electron chi connectivity index (χ3n) is 3.95. The Kier molecular flexibility index (Phi) is 5.33. The number of carbonyl (C=O) groups is 1. The summed E-state index contributed by atoms with van der Waals surface area (Å²) < 4.78 is 5.17. The van der Waals surface area contributed by atoms with E-state index in [0.29, 0.717) is 30.6 Å². The van der Waals surface area contributed by atoms with Crippen molar-refractivity contribution < 1.29 is 9.32 Å².